The van der Waals surface area contributed by atoms with Crippen LogP contribution < -0.4 is 0 Å². The fraction of sp³-hybridized carbons (Fsp3) is 0.938. The molecule has 2 fully saturated rings. The maximum atomic E-state index is 11.8. The summed E-state index contributed by atoms with van der Waals surface area (Å²) in [4.78, 5) is 14.0. The maximum Gasteiger partial charge on any atom is 0.310 e. The summed E-state index contributed by atoms with van der Waals surface area (Å²) in [5, 5.41) is 10.2. The van der Waals surface area contributed by atoms with E-state index in [0.29, 0.717) is 13.2 Å². The minimum atomic E-state index is -0.237. The normalized spacial score (nSPS) is 26.6. The number of esters is 1. The van der Waals surface area contributed by atoms with Gasteiger partial charge in [-0.15, -0.1) is 0 Å². The Kier molecular flexibility index (Phi) is 6.30. The van der Waals surface area contributed by atoms with Crippen molar-refractivity contribution in [3.05, 3.63) is 0 Å². The van der Waals surface area contributed by atoms with E-state index in [-0.39, 0.29) is 18.0 Å². The molecule has 1 aliphatic heterocycles. The number of rotatable bonds is 6. The van der Waals surface area contributed by atoms with Crippen LogP contribution in [0.5, 0.6) is 0 Å². The molecule has 2 rings (SSSR count). The molecule has 20 heavy (non-hydrogen) atoms. The molecule has 116 valence electrons. The van der Waals surface area contributed by atoms with Crippen LogP contribution in [0.4, 0.5) is 0 Å². The molecule has 2 aliphatic rings. The van der Waals surface area contributed by atoms with Gasteiger partial charge in [-0.3, -0.25) is 9.69 Å². The van der Waals surface area contributed by atoms with E-state index in [1.807, 2.05) is 6.92 Å². The van der Waals surface area contributed by atoms with E-state index >= 15 is 0 Å². The lowest BCUT2D eigenvalue weighted by Crippen LogP contribution is -2.43. The summed E-state index contributed by atoms with van der Waals surface area (Å²) in [5.41, 5.74) is 0. The molecule has 4 nitrogen and oxygen atoms in total. The lowest BCUT2D eigenvalue weighted by atomic mass is 9.96. The Hall–Kier alpha value is -0.610. The number of piperidine rings is 1. The first kappa shape index (κ1) is 15.8. The molecule has 0 aromatic heterocycles. The highest BCUT2D eigenvalue weighted by molar-refractivity contribution is 5.72. The third kappa shape index (κ3) is 4.74. The van der Waals surface area contributed by atoms with Crippen LogP contribution in [0.1, 0.15) is 51.9 Å². The van der Waals surface area contributed by atoms with E-state index in [9.17, 15) is 9.90 Å². The first-order chi connectivity index (χ1) is 9.69. The molecule has 1 saturated carbocycles. The van der Waals surface area contributed by atoms with Gasteiger partial charge in [0.05, 0.1) is 18.6 Å². The zero-order valence-electron chi connectivity index (χ0n) is 12.7. The van der Waals surface area contributed by atoms with Crippen LogP contribution in [0.3, 0.4) is 0 Å². The molecule has 1 aliphatic carbocycles. The molecule has 0 aromatic rings. The van der Waals surface area contributed by atoms with Crippen molar-refractivity contribution >= 4 is 5.97 Å². The number of carbonyl (C=O) groups is 1. The number of hydrogen-bond donors (Lipinski definition) is 1. The van der Waals surface area contributed by atoms with Gasteiger partial charge in [0.2, 0.25) is 0 Å². The van der Waals surface area contributed by atoms with E-state index in [2.05, 4.69) is 4.90 Å². The second kappa shape index (κ2) is 7.99. The second-order valence-corrected chi connectivity index (χ2v) is 6.39. The molecule has 2 atom stereocenters. The van der Waals surface area contributed by atoms with Gasteiger partial charge in [-0.1, -0.05) is 25.7 Å². The Morgan fingerprint density at radius 1 is 1.30 bits per heavy atom. The summed E-state index contributed by atoms with van der Waals surface area (Å²) < 4.78 is 5.11. The van der Waals surface area contributed by atoms with Crippen LogP contribution in [0, 0.1) is 11.8 Å². The van der Waals surface area contributed by atoms with Gasteiger partial charge in [0.25, 0.3) is 0 Å². The van der Waals surface area contributed by atoms with Gasteiger partial charge in [-0.05, 0) is 38.6 Å². The standard InChI is InChI=1S/C16H29NO3/c1-2-20-16(19)14-8-5-9-17(11-14)12-15(18)10-13-6-3-4-7-13/h13-15,18H,2-12H2,1H3/t14-,15?/m1/s1. The van der Waals surface area contributed by atoms with Crippen LogP contribution in [0.2, 0.25) is 0 Å². The van der Waals surface area contributed by atoms with E-state index in [0.717, 1.165) is 38.3 Å². The predicted octanol–water partition coefficient (Wildman–Crippen LogP) is 2.20. The van der Waals surface area contributed by atoms with Gasteiger partial charge in [0, 0.05) is 13.1 Å². The number of carbonyl (C=O) groups excluding carboxylic acids is 1. The van der Waals surface area contributed by atoms with Crippen molar-refractivity contribution in [3.8, 4) is 0 Å². The van der Waals surface area contributed by atoms with Crippen molar-refractivity contribution in [1.29, 1.82) is 0 Å². The number of ether oxygens (including phenoxy) is 1. The fourth-order valence-electron chi connectivity index (χ4n) is 3.68. The molecule has 1 unspecified atom stereocenters. The smallest absolute Gasteiger partial charge is 0.310 e. The van der Waals surface area contributed by atoms with Gasteiger partial charge in [0.1, 0.15) is 0 Å². The number of nitrogens with zero attached hydrogens (tertiary/aromatic N) is 1. The van der Waals surface area contributed by atoms with E-state index in [1.54, 1.807) is 0 Å². The predicted molar refractivity (Wildman–Crippen MR) is 78.4 cm³/mol. The molecule has 1 saturated heterocycles. The van der Waals surface area contributed by atoms with Crippen LogP contribution in [0.25, 0.3) is 0 Å². The van der Waals surface area contributed by atoms with Crippen molar-refractivity contribution < 1.29 is 14.6 Å². The van der Waals surface area contributed by atoms with Crippen molar-refractivity contribution in [2.45, 2.75) is 58.0 Å². The summed E-state index contributed by atoms with van der Waals surface area (Å²) in [6.45, 7) is 4.77. The average molecular weight is 283 g/mol. The molecule has 0 radical (unpaired) electrons. The molecule has 1 heterocycles. The van der Waals surface area contributed by atoms with Crippen LogP contribution in [-0.2, 0) is 9.53 Å². The Labute approximate surface area is 122 Å². The number of β-amino-alcohol motifs (C(OH)–C–C–N with tert-alkyl or cyclic N) is 1. The number of hydrogen-bond acceptors (Lipinski definition) is 4. The molecule has 0 amide bonds. The molecule has 4 heteroatoms. The fourth-order valence-corrected chi connectivity index (χ4v) is 3.68. The van der Waals surface area contributed by atoms with Crippen LogP contribution in [0.15, 0.2) is 0 Å². The van der Waals surface area contributed by atoms with Crippen LogP contribution >= 0.6 is 0 Å². The lowest BCUT2D eigenvalue weighted by Gasteiger charge is -2.33. The molecule has 0 aromatic carbocycles. The molecule has 0 spiro atoms. The quantitative estimate of drug-likeness (QED) is 0.759. The van der Waals surface area contributed by atoms with Crippen molar-refractivity contribution in [3.63, 3.8) is 0 Å². The largest absolute Gasteiger partial charge is 0.466 e. The Morgan fingerprint density at radius 2 is 2.05 bits per heavy atom. The minimum absolute atomic E-state index is 0.00220. The van der Waals surface area contributed by atoms with Crippen LogP contribution in [-0.4, -0.2) is 48.3 Å². The highest BCUT2D eigenvalue weighted by Gasteiger charge is 2.28. The monoisotopic (exact) mass is 283 g/mol. The third-order valence-electron chi connectivity index (χ3n) is 4.67. The molecular weight excluding hydrogens is 254 g/mol. The Balaban J connectivity index is 1.72. The van der Waals surface area contributed by atoms with E-state index in [1.165, 1.54) is 25.7 Å². The zero-order chi connectivity index (χ0) is 14.4. The van der Waals surface area contributed by atoms with E-state index < -0.39 is 0 Å². The third-order valence-corrected chi connectivity index (χ3v) is 4.67. The maximum absolute atomic E-state index is 11.8. The molecular formula is C16H29NO3. The summed E-state index contributed by atoms with van der Waals surface area (Å²) in [6.07, 6.45) is 7.86. The van der Waals surface area contributed by atoms with Crippen molar-refractivity contribution in [2.24, 2.45) is 11.8 Å². The minimum Gasteiger partial charge on any atom is -0.466 e. The first-order valence-electron chi connectivity index (χ1n) is 8.26. The summed E-state index contributed by atoms with van der Waals surface area (Å²) in [5.74, 6) is 0.653. The van der Waals surface area contributed by atoms with Gasteiger partial charge < -0.3 is 9.84 Å². The van der Waals surface area contributed by atoms with Crippen molar-refractivity contribution in [1.82, 2.24) is 4.90 Å². The topological polar surface area (TPSA) is 49.8 Å². The highest BCUT2D eigenvalue weighted by Crippen LogP contribution is 2.29. The first-order valence-corrected chi connectivity index (χ1v) is 8.26. The number of aliphatic hydroxyl groups is 1. The molecule has 0 bridgehead atoms. The lowest BCUT2D eigenvalue weighted by molar-refractivity contribution is -0.150. The molecule has 1 N–H and O–H groups in total. The van der Waals surface area contributed by atoms with E-state index in [4.69, 9.17) is 4.74 Å². The Morgan fingerprint density at radius 3 is 2.75 bits per heavy atom. The average Bonchev–Trinajstić information content (AvgIpc) is 2.92. The number of likely N-dealkylation sites (tertiary alicyclic amines) is 1. The Bertz CT molecular complexity index is 302. The second-order valence-electron chi connectivity index (χ2n) is 6.39. The highest BCUT2D eigenvalue weighted by atomic mass is 16.5. The zero-order valence-corrected chi connectivity index (χ0v) is 12.7. The van der Waals surface area contributed by atoms with Crippen molar-refractivity contribution in [2.75, 3.05) is 26.2 Å². The summed E-state index contributed by atoms with van der Waals surface area (Å²) in [6, 6.07) is 0. The van der Waals surface area contributed by atoms with Gasteiger partial charge in [-0.2, -0.15) is 0 Å². The summed E-state index contributed by atoms with van der Waals surface area (Å²) >= 11 is 0. The summed E-state index contributed by atoms with van der Waals surface area (Å²) in [7, 11) is 0. The van der Waals surface area contributed by atoms with Gasteiger partial charge in [0.15, 0.2) is 0 Å². The number of aliphatic hydroxyl groups excluding tert-OH is 1. The van der Waals surface area contributed by atoms with Gasteiger partial charge >= 0.3 is 5.97 Å². The van der Waals surface area contributed by atoms with Gasteiger partial charge in [-0.25, -0.2) is 0 Å². The SMILES string of the molecule is CCOC(=O)[C@@H]1CCCN(CC(O)CC2CCCC2)C1.